The standard InChI is InChI=1S/C13H21NO2/c1-3-5-10(2)14-9-13(16)11-6-4-7-12(15)8-11/h4,6-8,10,13-16H,3,5,9H2,1-2H3/t10?,13-/m0/s1. The minimum absolute atomic E-state index is 0.193. The van der Waals surface area contributed by atoms with E-state index < -0.39 is 6.10 Å². The fourth-order valence-corrected chi connectivity index (χ4v) is 1.70. The van der Waals surface area contributed by atoms with Gasteiger partial charge < -0.3 is 15.5 Å². The number of phenols is 1. The molecule has 0 bridgehead atoms. The molecule has 0 amide bonds. The van der Waals surface area contributed by atoms with Gasteiger partial charge in [-0.15, -0.1) is 0 Å². The van der Waals surface area contributed by atoms with E-state index >= 15 is 0 Å². The van der Waals surface area contributed by atoms with Crippen molar-refractivity contribution in [1.82, 2.24) is 5.32 Å². The zero-order valence-electron chi connectivity index (χ0n) is 9.98. The second-order valence-electron chi connectivity index (χ2n) is 4.21. The normalized spacial score (nSPS) is 14.7. The molecular weight excluding hydrogens is 202 g/mol. The SMILES string of the molecule is CCCC(C)NC[C@H](O)c1cccc(O)c1. The summed E-state index contributed by atoms with van der Waals surface area (Å²) in [5, 5.41) is 22.5. The van der Waals surface area contributed by atoms with Gasteiger partial charge in [-0.1, -0.05) is 25.5 Å². The summed E-state index contributed by atoms with van der Waals surface area (Å²) in [5.74, 6) is 0.193. The molecule has 0 aliphatic carbocycles. The third-order valence-electron chi connectivity index (χ3n) is 2.64. The average molecular weight is 223 g/mol. The fourth-order valence-electron chi connectivity index (χ4n) is 1.70. The van der Waals surface area contributed by atoms with E-state index in [1.54, 1.807) is 18.2 Å². The van der Waals surface area contributed by atoms with E-state index in [1.807, 2.05) is 6.07 Å². The zero-order chi connectivity index (χ0) is 12.0. The van der Waals surface area contributed by atoms with Crippen LogP contribution >= 0.6 is 0 Å². The van der Waals surface area contributed by atoms with Crippen LogP contribution in [0.25, 0.3) is 0 Å². The third kappa shape index (κ3) is 4.21. The van der Waals surface area contributed by atoms with Gasteiger partial charge in [0.2, 0.25) is 0 Å². The molecule has 0 saturated carbocycles. The number of aliphatic hydroxyl groups excluding tert-OH is 1. The second kappa shape index (κ2) is 6.51. The van der Waals surface area contributed by atoms with Crippen molar-refractivity contribution in [2.24, 2.45) is 0 Å². The number of aromatic hydroxyl groups is 1. The summed E-state index contributed by atoms with van der Waals surface area (Å²) >= 11 is 0. The van der Waals surface area contributed by atoms with Crippen LogP contribution in [0.5, 0.6) is 5.75 Å². The minimum atomic E-state index is -0.564. The van der Waals surface area contributed by atoms with Crippen LogP contribution in [0.2, 0.25) is 0 Å². The quantitative estimate of drug-likeness (QED) is 0.693. The molecular formula is C13H21NO2. The van der Waals surface area contributed by atoms with Gasteiger partial charge in [-0.25, -0.2) is 0 Å². The molecule has 0 spiro atoms. The van der Waals surface area contributed by atoms with Crippen LogP contribution in [0.15, 0.2) is 24.3 Å². The van der Waals surface area contributed by atoms with Gasteiger partial charge in [0.1, 0.15) is 5.75 Å². The largest absolute Gasteiger partial charge is 0.508 e. The van der Waals surface area contributed by atoms with Gasteiger partial charge in [0.25, 0.3) is 0 Å². The first-order chi connectivity index (χ1) is 7.63. The second-order valence-corrected chi connectivity index (χ2v) is 4.21. The lowest BCUT2D eigenvalue weighted by molar-refractivity contribution is 0.169. The van der Waals surface area contributed by atoms with Crippen LogP contribution in [0.4, 0.5) is 0 Å². The molecule has 0 radical (unpaired) electrons. The van der Waals surface area contributed by atoms with Crippen molar-refractivity contribution in [3.05, 3.63) is 29.8 Å². The summed E-state index contributed by atoms with van der Waals surface area (Å²) in [4.78, 5) is 0. The Morgan fingerprint density at radius 2 is 2.12 bits per heavy atom. The van der Waals surface area contributed by atoms with E-state index in [4.69, 9.17) is 0 Å². The molecule has 0 aliphatic heterocycles. The third-order valence-corrected chi connectivity index (χ3v) is 2.64. The first kappa shape index (κ1) is 13.0. The summed E-state index contributed by atoms with van der Waals surface area (Å²) in [6.07, 6.45) is 1.68. The molecule has 1 aromatic carbocycles. The molecule has 16 heavy (non-hydrogen) atoms. The van der Waals surface area contributed by atoms with Crippen LogP contribution < -0.4 is 5.32 Å². The van der Waals surface area contributed by atoms with Crippen molar-refractivity contribution in [1.29, 1.82) is 0 Å². The number of hydrogen-bond acceptors (Lipinski definition) is 3. The van der Waals surface area contributed by atoms with Crippen LogP contribution in [-0.2, 0) is 0 Å². The van der Waals surface area contributed by atoms with E-state index in [0.717, 1.165) is 18.4 Å². The monoisotopic (exact) mass is 223 g/mol. The topological polar surface area (TPSA) is 52.5 Å². The zero-order valence-corrected chi connectivity index (χ0v) is 9.98. The number of benzene rings is 1. The highest BCUT2D eigenvalue weighted by Crippen LogP contribution is 2.17. The molecule has 0 aliphatic rings. The molecule has 0 fully saturated rings. The van der Waals surface area contributed by atoms with Crippen molar-refractivity contribution in [2.75, 3.05) is 6.54 Å². The number of nitrogens with one attached hydrogen (secondary N) is 1. The predicted octanol–water partition coefficient (Wildman–Crippen LogP) is 2.20. The van der Waals surface area contributed by atoms with Crippen LogP contribution in [0.1, 0.15) is 38.4 Å². The van der Waals surface area contributed by atoms with E-state index in [-0.39, 0.29) is 5.75 Å². The lowest BCUT2D eigenvalue weighted by Gasteiger charge is -2.16. The smallest absolute Gasteiger partial charge is 0.115 e. The molecule has 0 saturated heterocycles. The number of hydrogen-bond donors (Lipinski definition) is 3. The van der Waals surface area contributed by atoms with Crippen LogP contribution in [-0.4, -0.2) is 22.8 Å². The first-order valence-corrected chi connectivity index (χ1v) is 5.84. The Morgan fingerprint density at radius 3 is 2.75 bits per heavy atom. The Morgan fingerprint density at radius 1 is 1.38 bits per heavy atom. The molecule has 3 N–H and O–H groups in total. The van der Waals surface area contributed by atoms with Gasteiger partial charge in [0.05, 0.1) is 6.10 Å². The van der Waals surface area contributed by atoms with Gasteiger partial charge in [-0.05, 0) is 31.0 Å². The highest BCUT2D eigenvalue weighted by molar-refractivity contribution is 5.28. The van der Waals surface area contributed by atoms with E-state index in [1.165, 1.54) is 0 Å². The Labute approximate surface area is 97.1 Å². The lowest BCUT2D eigenvalue weighted by atomic mass is 10.1. The lowest BCUT2D eigenvalue weighted by Crippen LogP contribution is -2.30. The summed E-state index contributed by atoms with van der Waals surface area (Å²) in [7, 11) is 0. The van der Waals surface area contributed by atoms with Gasteiger partial charge in [-0.3, -0.25) is 0 Å². The number of aliphatic hydroxyl groups is 1. The highest BCUT2D eigenvalue weighted by Gasteiger charge is 2.09. The van der Waals surface area contributed by atoms with Gasteiger partial charge >= 0.3 is 0 Å². The minimum Gasteiger partial charge on any atom is -0.508 e. The molecule has 90 valence electrons. The summed E-state index contributed by atoms with van der Waals surface area (Å²) in [5.41, 5.74) is 0.746. The molecule has 1 rings (SSSR count). The summed E-state index contributed by atoms with van der Waals surface area (Å²) < 4.78 is 0. The van der Waals surface area contributed by atoms with Crippen molar-refractivity contribution in [2.45, 2.75) is 38.8 Å². The molecule has 0 aromatic heterocycles. The Kier molecular flexibility index (Phi) is 5.29. The molecule has 1 unspecified atom stereocenters. The van der Waals surface area contributed by atoms with Gasteiger partial charge in [0, 0.05) is 12.6 Å². The Balaban J connectivity index is 2.43. The van der Waals surface area contributed by atoms with E-state index in [2.05, 4.69) is 19.2 Å². The maximum Gasteiger partial charge on any atom is 0.115 e. The van der Waals surface area contributed by atoms with Crippen molar-refractivity contribution < 1.29 is 10.2 Å². The fraction of sp³-hybridized carbons (Fsp3) is 0.538. The number of rotatable bonds is 6. The average Bonchev–Trinajstić information content (AvgIpc) is 2.26. The highest BCUT2D eigenvalue weighted by atomic mass is 16.3. The maximum atomic E-state index is 9.89. The molecule has 3 heteroatoms. The maximum absolute atomic E-state index is 9.89. The molecule has 1 aromatic rings. The Hall–Kier alpha value is -1.06. The molecule has 3 nitrogen and oxygen atoms in total. The van der Waals surface area contributed by atoms with Gasteiger partial charge in [-0.2, -0.15) is 0 Å². The van der Waals surface area contributed by atoms with Crippen molar-refractivity contribution in [3.8, 4) is 5.75 Å². The summed E-state index contributed by atoms with van der Waals surface area (Å²) in [6.45, 7) is 4.77. The van der Waals surface area contributed by atoms with Crippen LogP contribution in [0.3, 0.4) is 0 Å². The van der Waals surface area contributed by atoms with E-state index in [9.17, 15) is 10.2 Å². The first-order valence-electron chi connectivity index (χ1n) is 5.84. The number of phenolic OH excluding ortho intramolecular Hbond substituents is 1. The summed E-state index contributed by atoms with van der Waals surface area (Å²) in [6, 6.07) is 7.16. The van der Waals surface area contributed by atoms with Gasteiger partial charge in [0.15, 0.2) is 0 Å². The van der Waals surface area contributed by atoms with Crippen LogP contribution in [0, 0.1) is 0 Å². The molecule has 0 heterocycles. The van der Waals surface area contributed by atoms with Crippen molar-refractivity contribution >= 4 is 0 Å². The molecule has 2 atom stereocenters. The van der Waals surface area contributed by atoms with Crippen molar-refractivity contribution in [3.63, 3.8) is 0 Å². The predicted molar refractivity (Wildman–Crippen MR) is 65.4 cm³/mol. The Bertz CT molecular complexity index is 315. The van der Waals surface area contributed by atoms with E-state index in [0.29, 0.717) is 12.6 Å².